The zero-order valence-electron chi connectivity index (χ0n) is 25.1. The van der Waals surface area contributed by atoms with E-state index < -0.39 is 0 Å². The van der Waals surface area contributed by atoms with E-state index in [0.717, 1.165) is 71.5 Å². The van der Waals surface area contributed by atoms with Gasteiger partial charge in [0.15, 0.2) is 0 Å². The van der Waals surface area contributed by atoms with Gasteiger partial charge in [-0.3, -0.25) is 0 Å². The minimum absolute atomic E-state index is 0.658. The highest BCUT2D eigenvalue weighted by Gasteiger charge is 2.30. The van der Waals surface area contributed by atoms with E-state index in [1.54, 1.807) is 0 Å². The number of hydrogen-bond acceptors (Lipinski definition) is 1. The molecule has 47 heavy (non-hydrogen) atoms. The van der Waals surface area contributed by atoms with Gasteiger partial charge in [-0.2, -0.15) is 5.26 Å². The molecule has 0 unspecified atom stereocenters. The molecule has 0 saturated heterocycles. The molecule has 0 spiro atoms. The van der Waals surface area contributed by atoms with Crippen LogP contribution in [0.25, 0.3) is 93.1 Å². The van der Waals surface area contributed by atoms with E-state index >= 15 is 0 Å². The molecular formula is C43H24N4. The van der Waals surface area contributed by atoms with Gasteiger partial charge in [0.2, 0.25) is 0 Å². The molecule has 0 N–H and O–H groups in total. The number of benzene rings is 7. The summed E-state index contributed by atoms with van der Waals surface area (Å²) in [6.45, 7) is 0. The van der Waals surface area contributed by atoms with Gasteiger partial charge in [0, 0.05) is 43.1 Å². The molecule has 0 saturated carbocycles. The van der Waals surface area contributed by atoms with Crippen LogP contribution < -0.4 is 0 Å². The van der Waals surface area contributed by atoms with Crippen LogP contribution in [0, 0.1) is 11.3 Å². The summed E-state index contributed by atoms with van der Waals surface area (Å²) in [5.41, 5.74) is 10.2. The largest absolute Gasteiger partial charge is 0.308 e. The molecule has 0 aliphatic heterocycles. The van der Waals surface area contributed by atoms with E-state index in [2.05, 4.69) is 165 Å². The fourth-order valence-corrected chi connectivity index (χ4v) is 8.46. The highest BCUT2D eigenvalue weighted by Crippen LogP contribution is 2.49. The van der Waals surface area contributed by atoms with Crippen LogP contribution in [0.1, 0.15) is 5.56 Å². The fraction of sp³-hybridized carbons (Fsp3) is 0. The van der Waals surface area contributed by atoms with Crippen molar-refractivity contribution in [1.82, 2.24) is 13.5 Å². The van der Waals surface area contributed by atoms with E-state index in [0.29, 0.717) is 5.56 Å². The van der Waals surface area contributed by atoms with Crippen LogP contribution in [0.4, 0.5) is 0 Å². The Labute approximate surface area is 268 Å². The van der Waals surface area contributed by atoms with E-state index in [4.69, 9.17) is 0 Å². The van der Waals surface area contributed by atoms with Gasteiger partial charge in [-0.05, 0) is 36.4 Å². The molecule has 7 aromatic carbocycles. The lowest BCUT2D eigenvalue weighted by Gasteiger charge is -2.19. The van der Waals surface area contributed by atoms with Crippen molar-refractivity contribution >= 4 is 81.7 Å². The van der Waals surface area contributed by atoms with Crippen LogP contribution in [0.15, 0.2) is 146 Å². The molecule has 0 amide bonds. The first-order chi connectivity index (χ1) is 23.3. The van der Waals surface area contributed by atoms with Crippen LogP contribution >= 0.6 is 0 Å². The van der Waals surface area contributed by atoms with Gasteiger partial charge >= 0.3 is 0 Å². The van der Waals surface area contributed by atoms with Crippen LogP contribution in [0.2, 0.25) is 0 Å². The average Bonchev–Trinajstić information content (AvgIpc) is 3.85. The Bertz CT molecular complexity index is 2840. The standard InChI is InChI=1S/C43H24N4/c44-25-32-41(45-33-19-7-1-13-26(33)27-14-2-8-20-34(27)45)39-30-17-5-11-23-37(30)47-38-24-12-6-18-31(38)40(43(39)47)42(32)46-35-21-9-3-15-28(35)29-16-4-10-22-36(29)46/h1-24H. The summed E-state index contributed by atoms with van der Waals surface area (Å²) in [4.78, 5) is 0. The summed E-state index contributed by atoms with van der Waals surface area (Å²) in [6.07, 6.45) is 0. The Morgan fingerprint density at radius 3 is 1.00 bits per heavy atom. The second-order valence-corrected chi connectivity index (χ2v) is 12.4. The number of hydrogen-bond donors (Lipinski definition) is 0. The SMILES string of the molecule is N#Cc1c(-n2c3ccccc3c3ccccc32)c2c3ccccc3n3c4ccccc4c(c1-n1c4ccccc4c4ccccc41)c23. The van der Waals surface area contributed by atoms with Crippen molar-refractivity contribution in [3.63, 3.8) is 0 Å². The van der Waals surface area contributed by atoms with Gasteiger partial charge in [0.05, 0.1) is 50.0 Å². The molecule has 0 aliphatic carbocycles. The first kappa shape index (κ1) is 24.7. The lowest BCUT2D eigenvalue weighted by Crippen LogP contribution is -2.06. The lowest BCUT2D eigenvalue weighted by molar-refractivity contribution is 1.14. The topological polar surface area (TPSA) is 38.1 Å². The second kappa shape index (κ2) is 8.78. The molecule has 0 atom stereocenters. The molecular weight excluding hydrogens is 573 g/mol. The summed E-state index contributed by atoms with van der Waals surface area (Å²) in [7, 11) is 0. The predicted octanol–water partition coefficient (Wildman–Crippen LogP) is 10.9. The summed E-state index contributed by atoms with van der Waals surface area (Å²) >= 11 is 0. The van der Waals surface area contributed by atoms with Crippen LogP contribution in [-0.2, 0) is 0 Å². The third kappa shape index (κ3) is 2.92. The second-order valence-electron chi connectivity index (χ2n) is 12.4. The summed E-state index contributed by atoms with van der Waals surface area (Å²) in [6, 6.07) is 54.4. The number of para-hydroxylation sites is 6. The van der Waals surface area contributed by atoms with Crippen molar-refractivity contribution < 1.29 is 0 Å². The van der Waals surface area contributed by atoms with Gasteiger partial charge < -0.3 is 13.5 Å². The van der Waals surface area contributed by atoms with Crippen molar-refractivity contribution in [2.24, 2.45) is 0 Å². The number of nitrogens with zero attached hydrogens (tertiary/aromatic N) is 4. The molecule has 11 aromatic rings. The molecule has 0 fully saturated rings. The zero-order valence-corrected chi connectivity index (χ0v) is 25.1. The molecule has 216 valence electrons. The lowest BCUT2D eigenvalue weighted by atomic mass is 9.98. The van der Waals surface area contributed by atoms with E-state index in [1.165, 1.54) is 21.5 Å². The first-order valence-corrected chi connectivity index (χ1v) is 16.0. The quantitative estimate of drug-likeness (QED) is 0.196. The number of rotatable bonds is 2. The van der Waals surface area contributed by atoms with Crippen molar-refractivity contribution in [1.29, 1.82) is 5.26 Å². The van der Waals surface area contributed by atoms with Crippen molar-refractivity contribution in [3.05, 3.63) is 151 Å². The zero-order chi connectivity index (χ0) is 30.8. The monoisotopic (exact) mass is 596 g/mol. The Hall–Kier alpha value is -6.57. The maximum atomic E-state index is 11.6. The summed E-state index contributed by atoms with van der Waals surface area (Å²) < 4.78 is 7.12. The number of nitriles is 1. The molecule has 0 radical (unpaired) electrons. The Kier molecular flexibility index (Phi) is 4.62. The van der Waals surface area contributed by atoms with E-state index in [9.17, 15) is 5.26 Å². The van der Waals surface area contributed by atoms with Gasteiger partial charge in [-0.25, -0.2) is 0 Å². The Balaban J connectivity index is 1.52. The third-order valence-corrected chi connectivity index (χ3v) is 10.2. The van der Waals surface area contributed by atoms with Gasteiger partial charge in [0.25, 0.3) is 0 Å². The molecule has 4 nitrogen and oxygen atoms in total. The number of aromatic nitrogens is 3. The highest BCUT2D eigenvalue weighted by molar-refractivity contribution is 6.30. The molecule has 4 aromatic heterocycles. The summed E-state index contributed by atoms with van der Waals surface area (Å²) in [5.74, 6) is 0. The molecule has 0 aliphatic rings. The minimum atomic E-state index is 0.658. The minimum Gasteiger partial charge on any atom is -0.308 e. The smallest absolute Gasteiger partial charge is 0.104 e. The molecule has 4 heteroatoms. The van der Waals surface area contributed by atoms with Gasteiger partial charge in [-0.1, -0.05) is 109 Å². The van der Waals surface area contributed by atoms with Crippen molar-refractivity contribution in [2.75, 3.05) is 0 Å². The van der Waals surface area contributed by atoms with Gasteiger partial charge in [-0.15, -0.1) is 0 Å². The van der Waals surface area contributed by atoms with E-state index in [-0.39, 0.29) is 0 Å². The van der Waals surface area contributed by atoms with Crippen LogP contribution in [0.5, 0.6) is 0 Å². The molecule has 4 heterocycles. The summed E-state index contributed by atoms with van der Waals surface area (Å²) in [5, 5.41) is 20.7. The predicted molar refractivity (Wildman–Crippen MR) is 194 cm³/mol. The maximum Gasteiger partial charge on any atom is 0.104 e. The number of fused-ring (bicyclic) bond motifs is 12. The van der Waals surface area contributed by atoms with Crippen LogP contribution in [0.3, 0.4) is 0 Å². The highest BCUT2D eigenvalue weighted by atomic mass is 15.0. The van der Waals surface area contributed by atoms with Crippen molar-refractivity contribution in [3.8, 4) is 17.4 Å². The molecule has 11 rings (SSSR count). The normalized spacial score (nSPS) is 12.2. The Morgan fingerprint density at radius 2 is 0.660 bits per heavy atom. The first-order valence-electron chi connectivity index (χ1n) is 16.0. The third-order valence-electron chi connectivity index (χ3n) is 10.2. The van der Waals surface area contributed by atoms with E-state index in [1.807, 2.05) is 0 Å². The Morgan fingerprint density at radius 1 is 0.362 bits per heavy atom. The maximum absolute atomic E-state index is 11.6. The average molecular weight is 597 g/mol. The van der Waals surface area contributed by atoms with Crippen molar-refractivity contribution in [2.45, 2.75) is 0 Å². The van der Waals surface area contributed by atoms with Gasteiger partial charge in [0.1, 0.15) is 11.6 Å². The fourth-order valence-electron chi connectivity index (χ4n) is 8.46. The molecule has 0 bridgehead atoms. The van der Waals surface area contributed by atoms with Crippen LogP contribution in [-0.4, -0.2) is 13.5 Å².